The second-order valence-corrected chi connectivity index (χ2v) is 8.16. The topological polar surface area (TPSA) is 26.3 Å². The predicted molar refractivity (Wildman–Crippen MR) is 144 cm³/mol. The molecular weight excluding hydrogens is 474 g/mol. The zero-order valence-electron chi connectivity index (χ0n) is 16.9. The van der Waals surface area contributed by atoms with Gasteiger partial charge in [0.15, 0.2) is 0 Å². The van der Waals surface area contributed by atoms with Crippen LogP contribution < -0.4 is 43.7 Å². The summed E-state index contributed by atoms with van der Waals surface area (Å²) in [5.74, 6) is -0.643. The van der Waals surface area contributed by atoms with Crippen molar-refractivity contribution in [2.75, 3.05) is 7.11 Å². The number of hydrogen-bond donors (Lipinski definition) is 0. The molecule has 2 nitrogen and oxygen atoms in total. The largest absolute Gasteiger partial charge is 0.465 e. The minimum Gasteiger partial charge on any atom is -0.465 e. The van der Waals surface area contributed by atoms with Gasteiger partial charge in [-0.15, -0.1) is 16.4 Å². The number of halogens is 2. The van der Waals surface area contributed by atoms with Crippen LogP contribution in [0.25, 0.3) is 22.3 Å². The Hall–Kier alpha value is -1.58. The van der Waals surface area contributed by atoms with E-state index < -0.39 is 5.97 Å². The number of esters is 1. The van der Waals surface area contributed by atoms with E-state index in [2.05, 4.69) is 15.9 Å². The van der Waals surface area contributed by atoms with Gasteiger partial charge in [0.1, 0.15) is 62.8 Å². The van der Waals surface area contributed by atoms with E-state index in [1.165, 1.54) is 13.2 Å². The Bertz CT molecular complexity index is 1270. The van der Waals surface area contributed by atoms with Crippen molar-refractivity contribution in [1.29, 1.82) is 0 Å². The van der Waals surface area contributed by atoms with E-state index in [9.17, 15) is 4.79 Å². The molecule has 3 aromatic carbocycles. The van der Waals surface area contributed by atoms with Crippen LogP contribution in [-0.4, -0.2) is 75.8 Å². The smallest absolute Gasteiger partial charge is 0.338 e. The van der Waals surface area contributed by atoms with Crippen LogP contribution in [0.5, 0.6) is 0 Å². The SMILES string of the molecule is [B]c1c([B])c([B])c(-c2c([B])c(Br)c([B])c(-c3ccc(Cl)cc3C(=O)OC)c2[B])c([B])c1[B]. The molecule has 0 spiro atoms. The fourth-order valence-electron chi connectivity index (χ4n) is 3.47. The minimum atomic E-state index is -0.643. The van der Waals surface area contributed by atoms with E-state index in [0.717, 1.165) is 0 Å². The average molecular weight is 480 g/mol. The van der Waals surface area contributed by atoms with E-state index in [-0.39, 0.29) is 66.0 Å². The zero-order chi connectivity index (χ0) is 24.1. The number of rotatable bonds is 3. The molecular formula is C20H6B8BrClO2. The third kappa shape index (κ3) is 3.96. The molecule has 0 aliphatic carbocycles. The Morgan fingerprint density at radius 2 is 1.22 bits per heavy atom. The molecule has 136 valence electrons. The third-order valence-corrected chi connectivity index (χ3v) is 6.25. The summed E-state index contributed by atoms with van der Waals surface area (Å²) in [7, 11) is 50.9. The molecule has 3 aromatic rings. The summed E-state index contributed by atoms with van der Waals surface area (Å²) in [6.45, 7) is 0. The molecule has 0 N–H and O–H groups in total. The molecule has 3 rings (SSSR count). The van der Waals surface area contributed by atoms with Gasteiger partial charge in [-0.3, -0.25) is 0 Å². The van der Waals surface area contributed by atoms with Crippen LogP contribution in [0.4, 0.5) is 0 Å². The van der Waals surface area contributed by atoms with Crippen LogP contribution in [0.15, 0.2) is 22.7 Å². The predicted octanol–water partition coefficient (Wildman–Crippen LogP) is -3.43. The maximum absolute atomic E-state index is 12.4. The first-order valence-corrected chi connectivity index (χ1v) is 10.2. The monoisotopic (exact) mass is 480 g/mol. The van der Waals surface area contributed by atoms with Crippen molar-refractivity contribution in [1.82, 2.24) is 0 Å². The van der Waals surface area contributed by atoms with Crippen LogP contribution in [0, 0.1) is 0 Å². The Morgan fingerprint density at radius 1 is 0.750 bits per heavy atom. The summed E-state index contributed by atoms with van der Waals surface area (Å²) in [5.41, 5.74) is 1.77. The molecule has 0 amide bonds. The Kier molecular flexibility index (Phi) is 7.32. The summed E-state index contributed by atoms with van der Waals surface area (Å²) < 4.78 is 5.18. The normalized spacial score (nSPS) is 10.8. The number of carbonyl (C=O) groups excluding carboxylic acids is 1. The van der Waals surface area contributed by atoms with E-state index in [1.54, 1.807) is 12.1 Å². The van der Waals surface area contributed by atoms with Gasteiger partial charge in [0.2, 0.25) is 0 Å². The number of methoxy groups -OCH3 is 1. The van der Waals surface area contributed by atoms with Gasteiger partial charge >= 0.3 is 5.97 Å². The molecule has 0 unspecified atom stereocenters. The lowest BCUT2D eigenvalue weighted by Gasteiger charge is -2.28. The first-order valence-electron chi connectivity index (χ1n) is 8.99. The Labute approximate surface area is 211 Å². The molecule has 0 atom stereocenters. The molecule has 0 aromatic heterocycles. The molecule has 0 aliphatic heterocycles. The lowest BCUT2D eigenvalue weighted by Crippen LogP contribution is -2.56. The first-order chi connectivity index (χ1) is 14.9. The van der Waals surface area contributed by atoms with E-state index >= 15 is 0 Å². The first kappa shape index (κ1) is 25.1. The molecule has 12 heteroatoms. The minimum absolute atomic E-state index is 0.0294. The van der Waals surface area contributed by atoms with E-state index in [1.807, 2.05) is 0 Å². The number of ether oxygens (including phenoxy) is 1. The average Bonchev–Trinajstić information content (AvgIpc) is 2.77. The van der Waals surface area contributed by atoms with Gasteiger partial charge in [-0.1, -0.05) is 60.9 Å². The molecule has 0 fully saturated rings. The summed E-state index contributed by atoms with van der Waals surface area (Å²) in [5, 5.41) is 0.314. The molecule has 0 bridgehead atoms. The Balaban J connectivity index is 2.52. The summed E-state index contributed by atoms with van der Waals surface area (Å²) in [6, 6.07) is 4.60. The highest BCUT2D eigenvalue weighted by molar-refractivity contribution is 9.10. The lowest BCUT2D eigenvalue weighted by atomic mass is 9.57. The van der Waals surface area contributed by atoms with Crippen LogP contribution in [-0.2, 0) is 4.74 Å². The highest BCUT2D eigenvalue weighted by atomic mass is 79.9. The zero-order valence-corrected chi connectivity index (χ0v) is 19.3. The van der Waals surface area contributed by atoms with Crippen LogP contribution in [0.1, 0.15) is 10.4 Å². The van der Waals surface area contributed by atoms with Gasteiger partial charge < -0.3 is 4.74 Å². The van der Waals surface area contributed by atoms with Crippen molar-refractivity contribution in [3.63, 3.8) is 0 Å². The van der Waals surface area contributed by atoms with Gasteiger partial charge in [-0.2, -0.15) is 0 Å². The lowest BCUT2D eigenvalue weighted by molar-refractivity contribution is 0.0601. The second kappa shape index (κ2) is 9.35. The number of benzene rings is 3. The maximum Gasteiger partial charge on any atom is 0.338 e. The molecule has 0 saturated carbocycles. The van der Waals surface area contributed by atoms with Crippen molar-refractivity contribution >= 4 is 140 Å². The van der Waals surface area contributed by atoms with Crippen molar-refractivity contribution in [2.45, 2.75) is 0 Å². The van der Waals surface area contributed by atoms with Gasteiger partial charge in [-0.25, -0.2) is 4.79 Å². The van der Waals surface area contributed by atoms with Crippen molar-refractivity contribution in [2.24, 2.45) is 0 Å². The van der Waals surface area contributed by atoms with Gasteiger partial charge in [0.05, 0.1) is 12.7 Å². The molecule has 16 radical (unpaired) electrons. The quantitative estimate of drug-likeness (QED) is 0.289. The second-order valence-electron chi connectivity index (χ2n) is 6.93. The maximum atomic E-state index is 12.4. The third-order valence-electron chi connectivity index (χ3n) is 5.16. The number of hydrogen-bond acceptors (Lipinski definition) is 2. The van der Waals surface area contributed by atoms with E-state index in [0.29, 0.717) is 15.1 Å². The molecule has 0 saturated heterocycles. The van der Waals surface area contributed by atoms with Gasteiger partial charge in [-0.05, 0) is 34.4 Å². The molecule has 0 aliphatic rings. The summed E-state index contributed by atoms with van der Waals surface area (Å²) in [6.07, 6.45) is 0. The van der Waals surface area contributed by atoms with Gasteiger partial charge in [0.25, 0.3) is 0 Å². The van der Waals surface area contributed by atoms with Gasteiger partial charge in [0, 0.05) is 9.50 Å². The summed E-state index contributed by atoms with van der Waals surface area (Å²) in [4.78, 5) is 12.4. The van der Waals surface area contributed by atoms with Crippen molar-refractivity contribution in [3.05, 3.63) is 33.3 Å². The molecule has 0 heterocycles. The van der Waals surface area contributed by atoms with Crippen LogP contribution in [0.3, 0.4) is 0 Å². The highest BCUT2D eigenvalue weighted by Gasteiger charge is 2.23. The van der Waals surface area contributed by atoms with Crippen molar-refractivity contribution in [3.8, 4) is 22.3 Å². The standard InChI is InChI=1S/C20H6B8BrClO2/c1-32-20(31)7-4-5(30)2-3-6(7)8-11(21)9(15(25)19(29)14(8)24)10-12(22)16(26)18(28)17(27)13(10)23/h2-4H,1H3. The van der Waals surface area contributed by atoms with E-state index in [4.69, 9.17) is 79.1 Å². The highest BCUT2D eigenvalue weighted by Crippen LogP contribution is 2.28. The number of carbonyl (C=O) groups is 1. The summed E-state index contributed by atoms with van der Waals surface area (Å²) >= 11 is 9.47. The molecule has 32 heavy (non-hydrogen) atoms. The fraction of sp³-hybridized carbons (Fsp3) is 0.0500. The fourth-order valence-corrected chi connectivity index (χ4v) is 4.04. The van der Waals surface area contributed by atoms with Crippen LogP contribution >= 0.6 is 27.5 Å². The van der Waals surface area contributed by atoms with Crippen molar-refractivity contribution < 1.29 is 9.53 Å². The van der Waals surface area contributed by atoms with Crippen LogP contribution in [0.2, 0.25) is 5.02 Å². The Morgan fingerprint density at radius 3 is 1.75 bits per heavy atom.